The van der Waals surface area contributed by atoms with Gasteiger partial charge in [-0.1, -0.05) is 13.0 Å². The maximum atomic E-state index is 11.8. The molecule has 0 spiro atoms. The van der Waals surface area contributed by atoms with Crippen LogP contribution in [0.1, 0.15) is 12.5 Å². The Morgan fingerprint density at radius 1 is 1.25 bits per heavy atom. The van der Waals surface area contributed by atoms with Gasteiger partial charge in [0.15, 0.2) is 9.84 Å². The van der Waals surface area contributed by atoms with E-state index in [0.717, 1.165) is 22.7 Å². The average molecular weight is 356 g/mol. The molecule has 0 atom stereocenters. The van der Waals surface area contributed by atoms with E-state index < -0.39 is 9.84 Å². The van der Waals surface area contributed by atoms with Crippen molar-refractivity contribution in [1.82, 2.24) is 4.98 Å². The molecule has 0 saturated heterocycles. The summed E-state index contributed by atoms with van der Waals surface area (Å²) in [7, 11) is -3.35. The zero-order valence-electron chi connectivity index (χ0n) is 11.1. The number of ether oxygens (including phenoxy) is 1. The number of aryl methyl sites for hydroxylation is 1. The first-order valence-corrected chi connectivity index (χ1v) is 8.71. The fourth-order valence-corrected chi connectivity index (χ4v) is 2.71. The Morgan fingerprint density at radius 2 is 2.00 bits per heavy atom. The lowest BCUT2D eigenvalue weighted by Crippen LogP contribution is -2.01. The molecular formula is C14H14BrNO3S. The molecular weight excluding hydrogens is 342 g/mol. The SMILES string of the molecule is CCc1ccc(S(C)(=O)=O)c(Oc2ccc(Br)cn2)c1. The van der Waals surface area contributed by atoms with Crippen molar-refractivity contribution in [2.45, 2.75) is 18.2 Å². The van der Waals surface area contributed by atoms with Gasteiger partial charge in [-0.2, -0.15) is 0 Å². The van der Waals surface area contributed by atoms with Gasteiger partial charge in [-0.15, -0.1) is 0 Å². The van der Waals surface area contributed by atoms with Crippen molar-refractivity contribution < 1.29 is 13.2 Å². The third kappa shape index (κ3) is 3.58. The van der Waals surface area contributed by atoms with E-state index in [-0.39, 0.29) is 4.90 Å². The monoisotopic (exact) mass is 355 g/mol. The Bertz CT molecular complexity index is 712. The molecule has 0 fully saturated rings. The molecule has 20 heavy (non-hydrogen) atoms. The summed E-state index contributed by atoms with van der Waals surface area (Å²) in [6, 6.07) is 8.56. The van der Waals surface area contributed by atoms with Gasteiger partial charge in [0.05, 0.1) is 0 Å². The quantitative estimate of drug-likeness (QED) is 0.840. The number of rotatable bonds is 4. The van der Waals surface area contributed by atoms with E-state index in [9.17, 15) is 8.42 Å². The molecule has 0 amide bonds. The van der Waals surface area contributed by atoms with Crippen LogP contribution in [0.5, 0.6) is 11.6 Å². The molecule has 4 nitrogen and oxygen atoms in total. The second-order valence-corrected chi connectivity index (χ2v) is 7.22. The van der Waals surface area contributed by atoms with Crippen LogP contribution in [0.25, 0.3) is 0 Å². The van der Waals surface area contributed by atoms with Crippen LogP contribution in [0.4, 0.5) is 0 Å². The lowest BCUT2D eigenvalue weighted by atomic mass is 10.2. The summed E-state index contributed by atoms with van der Waals surface area (Å²) in [5.41, 5.74) is 1.00. The van der Waals surface area contributed by atoms with Crippen LogP contribution in [0, 0.1) is 0 Å². The average Bonchev–Trinajstić information content (AvgIpc) is 2.40. The second-order valence-electron chi connectivity index (χ2n) is 4.32. The van der Waals surface area contributed by atoms with Crippen molar-refractivity contribution in [3.05, 3.63) is 46.6 Å². The lowest BCUT2D eigenvalue weighted by Gasteiger charge is -2.10. The standard InChI is InChI=1S/C14H14BrNO3S/c1-3-10-4-6-13(20(2,17)18)12(8-10)19-14-7-5-11(15)9-16-14/h4-9H,3H2,1-2H3. The molecule has 1 aromatic heterocycles. The third-order valence-electron chi connectivity index (χ3n) is 2.73. The first kappa shape index (κ1) is 15.0. The van der Waals surface area contributed by atoms with E-state index in [1.807, 2.05) is 6.92 Å². The number of aromatic nitrogens is 1. The zero-order valence-corrected chi connectivity index (χ0v) is 13.5. The van der Waals surface area contributed by atoms with Crippen LogP contribution >= 0.6 is 15.9 Å². The van der Waals surface area contributed by atoms with Gasteiger partial charge in [0, 0.05) is 23.0 Å². The molecule has 0 bridgehead atoms. The Kier molecular flexibility index (Phi) is 4.45. The third-order valence-corrected chi connectivity index (χ3v) is 4.34. The highest BCUT2D eigenvalue weighted by Crippen LogP contribution is 2.29. The zero-order chi connectivity index (χ0) is 14.8. The summed E-state index contributed by atoms with van der Waals surface area (Å²) >= 11 is 3.29. The Labute approximate surface area is 126 Å². The van der Waals surface area contributed by atoms with Gasteiger partial charge in [0.25, 0.3) is 0 Å². The molecule has 0 radical (unpaired) electrons. The predicted octanol–water partition coefficient (Wildman–Crippen LogP) is 3.60. The molecule has 6 heteroatoms. The minimum absolute atomic E-state index is 0.166. The minimum Gasteiger partial charge on any atom is -0.438 e. The van der Waals surface area contributed by atoms with Gasteiger partial charge >= 0.3 is 0 Å². The maximum absolute atomic E-state index is 11.8. The van der Waals surface area contributed by atoms with Crippen LogP contribution in [0.2, 0.25) is 0 Å². The van der Waals surface area contributed by atoms with Crippen molar-refractivity contribution in [2.24, 2.45) is 0 Å². The molecule has 0 saturated carbocycles. The molecule has 0 aliphatic heterocycles. The largest absolute Gasteiger partial charge is 0.438 e. The fourth-order valence-electron chi connectivity index (χ4n) is 1.69. The second kappa shape index (κ2) is 5.93. The predicted molar refractivity (Wildman–Crippen MR) is 80.9 cm³/mol. The molecule has 2 aromatic rings. The molecule has 1 heterocycles. The van der Waals surface area contributed by atoms with E-state index in [1.54, 1.807) is 36.5 Å². The van der Waals surface area contributed by atoms with Crippen LogP contribution in [-0.4, -0.2) is 19.7 Å². The maximum Gasteiger partial charge on any atom is 0.219 e. The summed E-state index contributed by atoms with van der Waals surface area (Å²) in [4.78, 5) is 4.25. The Hall–Kier alpha value is -1.40. The highest BCUT2D eigenvalue weighted by atomic mass is 79.9. The smallest absolute Gasteiger partial charge is 0.219 e. The molecule has 2 rings (SSSR count). The van der Waals surface area contributed by atoms with Crippen LogP contribution in [0.15, 0.2) is 45.9 Å². The molecule has 106 valence electrons. The van der Waals surface area contributed by atoms with Crippen molar-refractivity contribution >= 4 is 25.8 Å². The number of halogens is 1. The van der Waals surface area contributed by atoms with Crippen LogP contribution in [-0.2, 0) is 16.3 Å². The first-order chi connectivity index (χ1) is 9.40. The van der Waals surface area contributed by atoms with Crippen LogP contribution in [0.3, 0.4) is 0 Å². The topological polar surface area (TPSA) is 56.3 Å². The van der Waals surface area contributed by atoms with Crippen molar-refractivity contribution in [3.8, 4) is 11.6 Å². The summed E-state index contributed by atoms with van der Waals surface area (Å²) in [5, 5.41) is 0. The molecule has 0 unspecified atom stereocenters. The first-order valence-electron chi connectivity index (χ1n) is 6.02. The molecule has 0 aliphatic rings. The van der Waals surface area contributed by atoms with Gasteiger partial charge in [0.1, 0.15) is 10.6 Å². The normalized spacial score (nSPS) is 11.3. The summed E-state index contributed by atoms with van der Waals surface area (Å²) < 4.78 is 30.0. The number of nitrogens with zero attached hydrogens (tertiary/aromatic N) is 1. The van der Waals surface area contributed by atoms with Gasteiger partial charge in [0.2, 0.25) is 5.88 Å². The number of benzene rings is 1. The van der Waals surface area contributed by atoms with Gasteiger partial charge in [-0.25, -0.2) is 13.4 Å². The van der Waals surface area contributed by atoms with Crippen molar-refractivity contribution in [3.63, 3.8) is 0 Å². The summed E-state index contributed by atoms with van der Waals surface area (Å²) in [6.07, 6.45) is 3.56. The van der Waals surface area contributed by atoms with E-state index in [2.05, 4.69) is 20.9 Å². The highest BCUT2D eigenvalue weighted by Gasteiger charge is 2.16. The minimum atomic E-state index is -3.35. The van der Waals surface area contributed by atoms with Gasteiger partial charge < -0.3 is 4.74 Å². The Balaban J connectivity index is 2.45. The number of sulfone groups is 1. The van der Waals surface area contributed by atoms with Crippen molar-refractivity contribution in [1.29, 1.82) is 0 Å². The summed E-state index contributed by atoms with van der Waals surface area (Å²) in [5.74, 6) is 0.660. The highest BCUT2D eigenvalue weighted by molar-refractivity contribution is 9.10. The van der Waals surface area contributed by atoms with Crippen molar-refractivity contribution in [2.75, 3.05) is 6.26 Å². The molecule has 0 aliphatic carbocycles. The van der Waals surface area contributed by atoms with Gasteiger partial charge in [-0.05, 0) is 46.1 Å². The summed E-state index contributed by atoms with van der Waals surface area (Å²) in [6.45, 7) is 2.00. The number of pyridine rings is 1. The van der Waals surface area contributed by atoms with Gasteiger partial charge in [-0.3, -0.25) is 0 Å². The lowest BCUT2D eigenvalue weighted by molar-refractivity contribution is 0.449. The number of hydrogen-bond donors (Lipinski definition) is 0. The van der Waals surface area contributed by atoms with E-state index >= 15 is 0 Å². The molecule has 1 aromatic carbocycles. The van der Waals surface area contributed by atoms with E-state index in [1.165, 1.54) is 0 Å². The Morgan fingerprint density at radius 3 is 2.55 bits per heavy atom. The molecule has 0 N–H and O–H groups in total. The van der Waals surface area contributed by atoms with E-state index in [0.29, 0.717) is 11.6 Å². The van der Waals surface area contributed by atoms with E-state index in [4.69, 9.17) is 4.74 Å². The fraction of sp³-hybridized carbons (Fsp3) is 0.214. The number of hydrogen-bond acceptors (Lipinski definition) is 4. The van der Waals surface area contributed by atoms with Crippen LogP contribution < -0.4 is 4.74 Å².